The van der Waals surface area contributed by atoms with Crippen LogP contribution in [0.5, 0.6) is 11.5 Å². The van der Waals surface area contributed by atoms with Crippen molar-refractivity contribution in [3.8, 4) is 11.5 Å². The summed E-state index contributed by atoms with van der Waals surface area (Å²) >= 11 is 0. The van der Waals surface area contributed by atoms with Gasteiger partial charge >= 0.3 is 11.9 Å². The van der Waals surface area contributed by atoms with Crippen molar-refractivity contribution in [3.05, 3.63) is 22.3 Å². The first-order valence-corrected chi connectivity index (χ1v) is 4.79. The molecular weight excluding hydrogens is 276 g/mol. The van der Waals surface area contributed by atoms with E-state index in [2.05, 4.69) is 0 Å². The predicted octanol–water partition coefficient (Wildman–Crippen LogP) is -1.31. The molecule has 0 unspecified atom stereocenters. The van der Waals surface area contributed by atoms with Crippen LogP contribution in [0.3, 0.4) is 0 Å². The van der Waals surface area contributed by atoms with Gasteiger partial charge < -0.3 is 31.9 Å². The van der Waals surface area contributed by atoms with Crippen molar-refractivity contribution in [1.82, 2.24) is 0 Å². The number of rotatable bonds is 4. The Morgan fingerprint density at radius 3 is 1.10 bits per heavy atom. The molecule has 1 aromatic rings. The van der Waals surface area contributed by atoms with E-state index in [0.29, 0.717) is 0 Å². The molecule has 10 nitrogen and oxygen atoms in total. The van der Waals surface area contributed by atoms with Gasteiger partial charge in [0, 0.05) is 0 Å². The highest BCUT2D eigenvalue weighted by Gasteiger charge is 2.34. The summed E-state index contributed by atoms with van der Waals surface area (Å²) in [5.74, 6) is -9.57. The fraction of sp³-hybridized carbons (Fsp3) is 0. The maximum absolute atomic E-state index is 11.1. The Kier molecular flexibility index (Phi) is 3.51. The van der Waals surface area contributed by atoms with E-state index in [1.165, 1.54) is 0 Å². The van der Waals surface area contributed by atoms with Crippen molar-refractivity contribution in [1.29, 1.82) is 0 Å². The van der Waals surface area contributed by atoms with Crippen LogP contribution in [-0.4, -0.2) is 44.2 Å². The molecule has 0 atom stereocenters. The molecule has 0 saturated carbocycles. The lowest BCUT2D eigenvalue weighted by molar-refractivity contribution is 0.0680. The first kappa shape index (κ1) is 14.8. The van der Waals surface area contributed by atoms with Crippen molar-refractivity contribution in [2.24, 2.45) is 11.5 Å². The third kappa shape index (κ3) is 2.05. The molecule has 0 aliphatic heterocycles. The average molecular weight is 284 g/mol. The van der Waals surface area contributed by atoms with Gasteiger partial charge in [0.05, 0.1) is 0 Å². The monoisotopic (exact) mass is 284 g/mol. The molecule has 0 bridgehead atoms. The van der Waals surface area contributed by atoms with Crippen molar-refractivity contribution < 1.29 is 39.6 Å². The van der Waals surface area contributed by atoms with Crippen molar-refractivity contribution in [2.75, 3.05) is 0 Å². The van der Waals surface area contributed by atoms with Gasteiger partial charge in [-0.2, -0.15) is 0 Å². The molecule has 0 aliphatic carbocycles. The maximum Gasteiger partial charge on any atom is 0.340 e. The zero-order chi connectivity index (χ0) is 15.8. The van der Waals surface area contributed by atoms with Gasteiger partial charge in [-0.3, -0.25) is 9.59 Å². The first-order chi connectivity index (χ1) is 9.11. The number of aromatic carboxylic acids is 2. The number of carbonyl (C=O) groups is 4. The van der Waals surface area contributed by atoms with Crippen LogP contribution in [0.15, 0.2) is 0 Å². The average Bonchev–Trinajstić information content (AvgIpc) is 2.28. The number of hydrogen-bond acceptors (Lipinski definition) is 6. The van der Waals surface area contributed by atoms with Crippen LogP contribution in [0.1, 0.15) is 41.4 Å². The molecule has 0 fully saturated rings. The molecule has 106 valence electrons. The van der Waals surface area contributed by atoms with Crippen LogP contribution in [0.25, 0.3) is 0 Å². The van der Waals surface area contributed by atoms with Gasteiger partial charge in [-0.25, -0.2) is 9.59 Å². The Balaban J connectivity index is 4.10. The van der Waals surface area contributed by atoms with Crippen molar-refractivity contribution in [2.45, 2.75) is 0 Å². The zero-order valence-corrected chi connectivity index (χ0v) is 9.58. The fourth-order valence-corrected chi connectivity index (χ4v) is 1.62. The van der Waals surface area contributed by atoms with E-state index in [1.54, 1.807) is 0 Å². The second kappa shape index (κ2) is 4.76. The number of amides is 2. The minimum Gasteiger partial charge on any atom is -0.506 e. The second-order valence-corrected chi connectivity index (χ2v) is 3.54. The molecule has 20 heavy (non-hydrogen) atoms. The van der Waals surface area contributed by atoms with Gasteiger partial charge in [0.2, 0.25) is 0 Å². The van der Waals surface area contributed by atoms with Crippen LogP contribution in [-0.2, 0) is 0 Å². The SMILES string of the molecule is NC(=O)c1c(O)c(C(N)=O)c(C(=O)O)c(O)c1C(=O)O. The molecule has 8 N–H and O–H groups in total. The van der Waals surface area contributed by atoms with Crippen LogP contribution >= 0.6 is 0 Å². The molecule has 0 radical (unpaired) electrons. The van der Waals surface area contributed by atoms with Gasteiger partial charge in [0.25, 0.3) is 11.8 Å². The highest BCUT2D eigenvalue weighted by molar-refractivity contribution is 6.16. The molecular formula is C10H8N2O8. The summed E-state index contributed by atoms with van der Waals surface area (Å²) in [6.45, 7) is 0. The number of benzene rings is 1. The lowest BCUT2D eigenvalue weighted by Gasteiger charge is -2.14. The van der Waals surface area contributed by atoms with Crippen molar-refractivity contribution in [3.63, 3.8) is 0 Å². The summed E-state index contributed by atoms with van der Waals surface area (Å²) in [5, 5.41) is 37.0. The van der Waals surface area contributed by atoms with E-state index < -0.39 is 57.5 Å². The molecule has 1 aromatic carbocycles. The topological polar surface area (TPSA) is 201 Å². The molecule has 0 spiro atoms. The smallest absolute Gasteiger partial charge is 0.340 e. The maximum atomic E-state index is 11.1. The number of hydrogen-bond donors (Lipinski definition) is 6. The summed E-state index contributed by atoms with van der Waals surface area (Å²) in [4.78, 5) is 44.2. The van der Waals surface area contributed by atoms with E-state index in [0.717, 1.165) is 0 Å². The Bertz CT molecular complexity index is 554. The third-order valence-electron chi connectivity index (χ3n) is 2.37. The van der Waals surface area contributed by atoms with E-state index in [1.807, 2.05) is 0 Å². The normalized spacial score (nSPS) is 10.0. The number of carboxylic acids is 2. The number of primary amides is 2. The quantitative estimate of drug-likeness (QED) is 0.365. The molecule has 0 aromatic heterocycles. The van der Waals surface area contributed by atoms with Crippen LogP contribution < -0.4 is 11.5 Å². The number of phenols is 2. The van der Waals surface area contributed by atoms with Gasteiger partial charge in [-0.15, -0.1) is 0 Å². The summed E-state index contributed by atoms with van der Waals surface area (Å²) in [7, 11) is 0. The third-order valence-corrected chi connectivity index (χ3v) is 2.37. The molecule has 0 saturated heterocycles. The highest BCUT2D eigenvalue weighted by atomic mass is 16.4. The Hall–Kier alpha value is -3.30. The van der Waals surface area contributed by atoms with Crippen LogP contribution in [0.2, 0.25) is 0 Å². The Labute approximate surface area is 109 Å². The summed E-state index contributed by atoms with van der Waals surface area (Å²) in [6.07, 6.45) is 0. The largest absolute Gasteiger partial charge is 0.506 e. The fourth-order valence-electron chi connectivity index (χ4n) is 1.62. The minimum absolute atomic E-state index is 1.12. The second-order valence-electron chi connectivity index (χ2n) is 3.54. The first-order valence-electron chi connectivity index (χ1n) is 4.79. The van der Waals surface area contributed by atoms with Crippen molar-refractivity contribution >= 4 is 23.8 Å². The van der Waals surface area contributed by atoms with E-state index in [9.17, 15) is 29.4 Å². The van der Waals surface area contributed by atoms with Gasteiger partial charge in [0.15, 0.2) is 0 Å². The summed E-state index contributed by atoms with van der Waals surface area (Å²) < 4.78 is 0. The lowest BCUT2D eigenvalue weighted by Crippen LogP contribution is -2.23. The van der Waals surface area contributed by atoms with E-state index in [4.69, 9.17) is 21.7 Å². The number of carboxylic acid groups (broad SMARTS) is 2. The standard InChI is InChI=1S/C10H8N2O8/c11-7(15)1-3(9(17)18)6(14)4(10(19)20)2(5(1)13)8(12)16/h13-14H,(H2,11,15)(H2,12,16)(H,17,18)(H,19,20). The highest BCUT2D eigenvalue weighted by Crippen LogP contribution is 2.37. The molecule has 2 amide bonds. The zero-order valence-electron chi connectivity index (χ0n) is 9.58. The van der Waals surface area contributed by atoms with Crippen LogP contribution in [0.4, 0.5) is 0 Å². The summed E-state index contributed by atoms with van der Waals surface area (Å²) in [6, 6.07) is 0. The Morgan fingerprint density at radius 1 is 0.650 bits per heavy atom. The molecule has 10 heteroatoms. The Morgan fingerprint density at radius 2 is 0.900 bits per heavy atom. The molecule has 1 rings (SSSR count). The summed E-state index contributed by atoms with van der Waals surface area (Å²) in [5.41, 5.74) is 4.98. The molecule has 0 heterocycles. The number of aromatic hydroxyl groups is 2. The van der Waals surface area contributed by atoms with Gasteiger partial charge in [0.1, 0.15) is 33.8 Å². The van der Waals surface area contributed by atoms with Gasteiger partial charge in [-0.1, -0.05) is 0 Å². The van der Waals surface area contributed by atoms with Gasteiger partial charge in [-0.05, 0) is 0 Å². The minimum atomic E-state index is -1.93. The molecule has 0 aliphatic rings. The van der Waals surface area contributed by atoms with E-state index >= 15 is 0 Å². The lowest BCUT2D eigenvalue weighted by atomic mass is 9.94. The number of nitrogens with two attached hydrogens (primary N) is 2. The number of carbonyl (C=O) groups excluding carboxylic acids is 2. The van der Waals surface area contributed by atoms with E-state index in [-0.39, 0.29) is 0 Å². The van der Waals surface area contributed by atoms with Crippen LogP contribution in [0, 0.1) is 0 Å². The predicted molar refractivity (Wildman–Crippen MR) is 60.7 cm³/mol.